The van der Waals surface area contributed by atoms with Gasteiger partial charge in [0, 0.05) is 38.6 Å². The Kier molecular flexibility index (Phi) is 8.36. The van der Waals surface area contributed by atoms with Gasteiger partial charge in [-0.1, -0.05) is 158 Å². The maximum absolute atomic E-state index is 7.43. The van der Waals surface area contributed by atoms with Gasteiger partial charge in [-0.3, -0.25) is 0 Å². The molecule has 0 saturated carbocycles. The number of benzene rings is 7. The third-order valence-corrected chi connectivity index (χ3v) is 9.82. The van der Waals surface area contributed by atoms with Crippen molar-refractivity contribution in [2.75, 3.05) is 0 Å². The lowest BCUT2D eigenvalue weighted by atomic mass is 10.0. The van der Waals surface area contributed by atoms with Gasteiger partial charge in [-0.15, -0.1) is 0 Å². The maximum Gasteiger partial charge on any atom is 0.187 e. The number of hydrogen-bond donors (Lipinski definition) is 0. The van der Waals surface area contributed by atoms with E-state index in [1.807, 2.05) is 176 Å². The van der Waals surface area contributed by atoms with E-state index in [0.29, 0.717) is 51.8 Å². The quantitative estimate of drug-likeness (QED) is 0.151. The molecule has 10 rings (SSSR count). The van der Waals surface area contributed by atoms with Crippen molar-refractivity contribution >= 4 is 27.6 Å². The van der Waals surface area contributed by atoms with Crippen molar-refractivity contribution in [3.05, 3.63) is 187 Å². The standard InChI is InChI=1S/C49H29N7O/c1-50-37-21-11-20-36(30-37)31-26-28-35(29-27-31)47-52-46(34-18-9-4-10-19-34)55-49(56-47)40-24-12-22-38-42-39(23-13-25-41(42)57-43(38)40)48-53-44(32-14-5-2-6-15-32)51-45(54-48)33-16-7-3-8-17-33/h2-30H. The van der Waals surface area contributed by atoms with Crippen LogP contribution in [0.25, 0.3) is 106 Å². The third kappa shape index (κ3) is 6.35. The first kappa shape index (κ1) is 33.4. The van der Waals surface area contributed by atoms with E-state index in [4.69, 9.17) is 40.9 Å². The number of nitrogens with zero attached hydrogens (tertiary/aromatic N) is 7. The van der Waals surface area contributed by atoms with Crippen LogP contribution in [-0.2, 0) is 0 Å². The van der Waals surface area contributed by atoms with Crippen LogP contribution in [0, 0.1) is 6.57 Å². The smallest absolute Gasteiger partial charge is 0.187 e. The number of furan rings is 1. The summed E-state index contributed by atoms with van der Waals surface area (Å²) in [6.45, 7) is 7.43. The summed E-state index contributed by atoms with van der Waals surface area (Å²) in [5, 5.41) is 1.77. The molecule has 266 valence electrons. The molecule has 0 amide bonds. The first-order valence-corrected chi connectivity index (χ1v) is 18.4. The Bertz CT molecular complexity index is 3060. The molecule has 0 aliphatic heterocycles. The Morgan fingerprint density at radius 3 is 1.37 bits per heavy atom. The van der Waals surface area contributed by atoms with E-state index in [1.165, 1.54) is 0 Å². The summed E-state index contributed by atoms with van der Waals surface area (Å²) in [4.78, 5) is 33.6. The van der Waals surface area contributed by atoms with Gasteiger partial charge in [0.2, 0.25) is 0 Å². The molecule has 3 aromatic heterocycles. The zero-order valence-corrected chi connectivity index (χ0v) is 30.3. The Hall–Kier alpha value is -8.15. The first-order valence-electron chi connectivity index (χ1n) is 18.4. The fourth-order valence-electron chi connectivity index (χ4n) is 7.05. The highest BCUT2D eigenvalue weighted by Crippen LogP contribution is 2.40. The molecule has 8 heteroatoms. The first-order chi connectivity index (χ1) is 28.2. The van der Waals surface area contributed by atoms with Crippen LogP contribution in [0.1, 0.15) is 0 Å². The minimum Gasteiger partial charge on any atom is -0.455 e. The lowest BCUT2D eigenvalue weighted by Crippen LogP contribution is -2.00. The zero-order chi connectivity index (χ0) is 38.1. The zero-order valence-electron chi connectivity index (χ0n) is 30.3. The van der Waals surface area contributed by atoms with Crippen molar-refractivity contribution in [1.82, 2.24) is 29.9 Å². The van der Waals surface area contributed by atoms with E-state index in [0.717, 1.165) is 55.3 Å². The number of para-hydroxylation sites is 1. The van der Waals surface area contributed by atoms with E-state index in [2.05, 4.69) is 4.85 Å². The summed E-state index contributed by atoms with van der Waals surface area (Å²) in [5.41, 5.74) is 8.94. The van der Waals surface area contributed by atoms with Gasteiger partial charge < -0.3 is 4.42 Å². The van der Waals surface area contributed by atoms with Gasteiger partial charge in [0.05, 0.1) is 12.1 Å². The highest BCUT2D eigenvalue weighted by atomic mass is 16.3. The fraction of sp³-hybridized carbons (Fsp3) is 0. The largest absolute Gasteiger partial charge is 0.455 e. The number of rotatable bonds is 7. The van der Waals surface area contributed by atoms with Gasteiger partial charge in [-0.05, 0) is 29.3 Å². The summed E-state index contributed by atoms with van der Waals surface area (Å²) in [5.74, 6) is 3.27. The van der Waals surface area contributed by atoms with Crippen molar-refractivity contribution in [2.45, 2.75) is 0 Å². The highest BCUT2D eigenvalue weighted by Gasteiger charge is 2.21. The van der Waals surface area contributed by atoms with Crippen LogP contribution in [0.15, 0.2) is 180 Å². The Balaban J connectivity index is 1.13. The summed E-state index contributed by atoms with van der Waals surface area (Å²) >= 11 is 0. The number of aromatic nitrogens is 6. The number of hydrogen-bond acceptors (Lipinski definition) is 7. The van der Waals surface area contributed by atoms with E-state index in [1.54, 1.807) is 0 Å². The summed E-state index contributed by atoms with van der Waals surface area (Å²) in [6, 6.07) is 57.4. The fourth-order valence-corrected chi connectivity index (χ4v) is 7.05. The summed E-state index contributed by atoms with van der Waals surface area (Å²) in [7, 11) is 0. The molecule has 7 aromatic carbocycles. The van der Waals surface area contributed by atoms with Crippen molar-refractivity contribution < 1.29 is 4.42 Å². The second-order valence-electron chi connectivity index (χ2n) is 13.4. The average Bonchev–Trinajstić information content (AvgIpc) is 3.69. The van der Waals surface area contributed by atoms with E-state index in [-0.39, 0.29) is 0 Å². The Labute approximate surface area is 327 Å². The molecule has 0 bridgehead atoms. The molecule has 8 nitrogen and oxygen atoms in total. The van der Waals surface area contributed by atoms with Crippen LogP contribution in [0.5, 0.6) is 0 Å². The molecule has 57 heavy (non-hydrogen) atoms. The third-order valence-electron chi connectivity index (χ3n) is 9.82. The van der Waals surface area contributed by atoms with Gasteiger partial charge in [0.1, 0.15) is 11.2 Å². The van der Waals surface area contributed by atoms with Crippen molar-refractivity contribution in [1.29, 1.82) is 0 Å². The number of fused-ring (bicyclic) bond motifs is 3. The SMILES string of the molecule is [C-]#[N+]c1cccc(-c2ccc(-c3nc(-c4ccccc4)nc(-c4cccc5c4oc4cccc(-c6nc(-c7ccccc7)nc(-c7ccccc7)n6)c45)n3)cc2)c1. The van der Waals surface area contributed by atoms with Crippen LogP contribution in [0.3, 0.4) is 0 Å². The molecule has 0 N–H and O–H groups in total. The predicted octanol–water partition coefficient (Wildman–Crippen LogP) is 12.2. The normalized spacial score (nSPS) is 11.1. The topological polar surface area (TPSA) is 94.8 Å². The second kappa shape index (κ2) is 14.3. The Morgan fingerprint density at radius 2 is 0.807 bits per heavy atom. The van der Waals surface area contributed by atoms with Crippen molar-refractivity contribution in [2.24, 2.45) is 0 Å². The van der Waals surface area contributed by atoms with Gasteiger partial charge in [-0.25, -0.2) is 34.7 Å². The van der Waals surface area contributed by atoms with Crippen LogP contribution < -0.4 is 0 Å². The summed E-state index contributed by atoms with van der Waals surface area (Å²) < 4.78 is 6.71. The second-order valence-corrected chi connectivity index (χ2v) is 13.4. The molecular weight excluding hydrogens is 703 g/mol. The van der Waals surface area contributed by atoms with E-state index < -0.39 is 0 Å². The lowest BCUT2D eigenvalue weighted by molar-refractivity contribution is 0.669. The monoisotopic (exact) mass is 731 g/mol. The minimum absolute atomic E-state index is 0.483. The molecule has 0 radical (unpaired) electrons. The van der Waals surface area contributed by atoms with Gasteiger partial charge in [-0.2, -0.15) is 0 Å². The molecule has 0 fully saturated rings. The van der Waals surface area contributed by atoms with Gasteiger partial charge >= 0.3 is 0 Å². The Morgan fingerprint density at radius 1 is 0.368 bits per heavy atom. The molecule has 0 unspecified atom stereocenters. The maximum atomic E-state index is 7.43. The van der Waals surface area contributed by atoms with Crippen molar-refractivity contribution in [3.8, 4) is 79.5 Å². The van der Waals surface area contributed by atoms with Crippen LogP contribution in [0.2, 0.25) is 0 Å². The van der Waals surface area contributed by atoms with Crippen LogP contribution in [0.4, 0.5) is 5.69 Å². The lowest BCUT2D eigenvalue weighted by Gasteiger charge is -2.10. The highest BCUT2D eigenvalue weighted by molar-refractivity contribution is 6.14. The molecule has 0 aliphatic rings. The van der Waals surface area contributed by atoms with Gasteiger partial charge in [0.25, 0.3) is 0 Å². The van der Waals surface area contributed by atoms with Gasteiger partial charge in [0.15, 0.2) is 40.6 Å². The molecule has 0 saturated heterocycles. The predicted molar refractivity (Wildman–Crippen MR) is 225 cm³/mol. The molecule has 10 aromatic rings. The van der Waals surface area contributed by atoms with Crippen LogP contribution in [-0.4, -0.2) is 29.9 Å². The molecule has 0 aliphatic carbocycles. The van der Waals surface area contributed by atoms with Crippen LogP contribution >= 0.6 is 0 Å². The van der Waals surface area contributed by atoms with Crippen molar-refractivity contribution in [3.63, 3.8) is 0 Å². The molecule has 3 heterocycles. The van der Waals surface area contributed by atoms with E-state index >= 15 is 0 Å². The summed E-state index contributed by atoms with van der Waals surface area (Å²) in [6.07, 6.45) is 0. The molecule has 0 atom stereocenters. The average molecular weight is 732 g/mol. The molecule has 0 spiro atoms. The molecular formula is C49H29N7O. The van der Waals surface area contributed by atoms with E-state index in [9.17, 15) is 0 Å². The minimum atomic E-state index is 0.483.